The van der Waals surface area contributed by atoms with Crippen LogP contribution in [-0.4, -0.2) is 10.5 Å². The Balaban J connectivity index is 3.02. The second-order valence-corrected chi connectivity index (χ2v) is 3.40. The summed E-state index contributed by atoms with van der Waals surface area (Å²) in [6.45, 7) is 2.61. The summed E-state index contributed by atoms with van der Waals surface area (Å²) in [4.78, 5) is 2.57. The number of alkyl halides is 2. The molecule has 12 heavy (non-hydrogen) atoms. The Morgan fingerprint density at radius 2 is 2.00 bits per heavy atom. The average molecular weight is 174 g/mol. The molecule has 2 nitrogen and oxygen atoms in total. The maximum Gasteiger partial charge on any atom is 0.291 e. The largest absolute Gasteiger partial charge is 0.367 e. The highest BCUT2D eigenvalue weighted by Crippen LogP contribution is 2.36. The summed E-state index contributed by atoms with van der Waals surface area (Å²) in [5.74, 6) is -2.99. The van der Waals surface area contributed by atoms with E-state index in [0.717, 1.165) is 0 Å². The second-order valence-electron chi connectivity index (χ2n) is 3.40. The molecule has 1 heterocycles. The Kier molecular flexibility index (Phi) is 1.96. The van der Waals surface area contributed by atoms with Crippen LogP contribution < -0.4 is 5.73 Å². The van der Waals surface area contributed by atoms with Crippen LogP contribution in [0.2, 0.25) is 0 Å². The number of aromatic amines is 1. The van der Waals surface area contributed by atoms with Crippen LogP contribution in [-0.2, 0) is 5.92 Å². The Morgan fingerprint density at radius 1 is 1.42 bits per heavy atom. The van der Waals surface area contributed by atoms with Crippen LogP contribution in [0.4, 0.5) is 8.78 Å². The molecule has 0 atom stereocenters. The van der Waals surface area contributed by atoms with Gasteiger partial charge in [-0.15, -0.1) is 0 Å². The third kappa shape index (κ3) is 1.34. The molecule has 0 aliphatic carbocycles. The molecule has 1 aromatic heterocycles. The molecule has 0 bridgehead atoms. The van der Waals surface area contributed by atoms with E-state index in [1.165, 1.54) is 32.3 Å². The van der Waals surface area contributed by atoms with E-state index in [-0.39, 0.29) is 5.56 Å². The van der Waals surface area contributed by atoms with Crippen molar-refractivity contribution in [3.63, 3.8) is 0 Å². The lowest BCUT2D eigenvalue weighted by molar-refractivity contribution is -0.0671. The molecule has 0 aliphatic heterocycles. The molecule has 0 aliphatic rings. The SMILES string of the molecule is CC(C)(N)C(F)(F)c1cc[nH]c1. The van der Waals surface area contributed by atoms with Crippen LogP contribution in [0.5, 0.6) is 0 Å². The minimum Gasteiger partial charge on any atom is -0.367 e. The number of nitrogens with one attached hydrogen (secondary N) is 1. The van der Waals surface area contributed by atoms with Gasteiger partial charge in [0.15, 0.2) is 0 Å². The summed E-state index contributed by atoms with van der Waals surface area (Å²) in [5, 5.41) is 0. The molecule has 1 rings (SSSR count). The Labute approximate surface area is 69.8 Å². The fourth-order valence-corrected chi connectivity index (χ4v) is 0.891. The summed E-state index contributed by atoms with van der Waals surface area (Å²) >= 11 is 0. The Hall–Kier alpha value is -0.900. The van der Waals surface area contributed by atoms with Gasteiger partial charge in [-0.05, 0) is 19.9 Å². The molecule has 0 aromatic carbocycles. The minimum atomic E-state index is -2.99. The van der Waals surface area contributed by atoms with Gasteiger partial charge >= 0.3 is 0 Å². The first-order chi connectivity index (χ1) is 5.36. The highest BCUT2D eigenvalue weighted by Gasteiger charge is 2.45. The van der Waals surface area contributed by atoms with E-state index in [4.69, 9.17) is 5.73 Å². The fraction of sp³-hybridized carbons (Fsp3) is 0.500. The highest BCUT2D eigenvalue weighted by molar-refractivity contribution is 5.19. The summed E-state index contributed by atoms with van der Waals surface area (Å²) in [7, 11) is 0. The van der Waals surface area contributed by atoms with Crippen LogP contribution in [0.3, 0.4) is 0 Å². The van der Waals surface area contributed by atoms with Gasteiger partial charge in [0.25, 0.3) is 5.92 Å². The van der Waals surface area contributed by atoms with Crippen molar-refractivity contribution in [1.82, 2.24) is 4.98 Å². The van der Waals surface area contributed by atoms with Gasteiger partial charge in [-0.1, -0.05) is 0 Å². The van der Waals surface area contributed by atoms with Gasteiger partial charge in [-0.2, -0.15) is 8.78 Å². The molecule has 0 amide bonds. The van der Waals surface area contributed by atoms with Crippen molar-refractivity contribution in [1.29, 1.82) is 0 Å². The van der Waals surface area contributed by atoms with Gasteiger partial charge in [-0.3, -0.25) is 0 Å². The van der Waals surface area contributed by atoms with Crippen molar-refractivity contribution in [2.24, 2.45) is 5.73 Å². The second kappa shape index (κ2) is 2.55. The number of hydrogen-bond donors (Lipinski definition) is 2. The number of rotatable bonds is 2. The monoisotopic (exact) mass is 174 g/mol. The zero-order valence-electron chi connectivity index (χ0n) is 7.07. The average Bonchev–Trinajstić information content (AvgIpc) is 2.34. The third-order valence-electron chi connectivity index (χ3n) is 1.77. The van der Waals surface area contributed by atoms with E-state index in [1.54, 1.807) is 0 Å². The molecule has 1 aromatic rings. The number of hydrogen-bond acceptors (Lipinski definition) is 1. The Bertz CT molecular complexity index is 247. The first-order valence-electron chi connectivity index (χ1n) is 3.65. The summed E-state index contributed by atoms with van der Waals surface area (Å²) < 4.78 is 26.7. The smallest absolute Gasteiger partial charge is 0.291 e. The van der Waals surface area contributed by atoms with E-state index in [1.807, 2.05) is 0 Å². The third-order valence-corrected chi connectivity index (χ3v) is 1.77. The van der Waals surface area contributed by atoms with Gasteiger partial charge < -0.3 is 10.7 Å². The molecule has 3 N–H and O–H groups in total. The van der Waals surface area contributed by atoms with Crippen molar-refractivity contribution in [3.8, 4) is 0 Å². The molecule has 0 saturated carbocycles. The molecule has 68 valence electrons. The van der Waals surface area contributed by atoms with E-state index in [9.17, 15) is 8.78 Å². The molecule has 0 fully saturated rings. The predicted octanol–water partition coefficient (Wildman–Crippen LogP) is 1.84. The predicted molar refractivity (Wildman–Crippen MR) is 43.0 cm³/mol. The van der Waals surface area contributed by atoms with Crippen LogP contribution in [0.25, 0.3) is 0 Å². The number of H-pyrrole nitrogens is 1. The Morgan fingerprint density at radius 3 is 2.33 bits per heavy atom. The minimum absolute atomic E-state index is 0.0741. The van der Waals surface area contributed by atoms with E-state index >= 15 is 0 Å². The molecular weight excluding hydrogens is 162 g/mol. The standard InChI is InChI=1S/C8H12F2N2/c1-7(2,11)8(9,10)6-3-4-12-5-6/h3-5,12H,11H2,1-2H3. The van der Waals surface area contributed by atoms with Crippen molar-refractivity contribution < 1.29 is 8.78 Å². The van der Waals surface area contributed by atoms with Crippen LogP contribution in [0, 0.1) is 0 Å². The van der Waals surface area contributed by atoms with Crippen molar-refractivity contribution in [2.45, 2.75) is 25.3 Å². The van der Waals surface area contributed by atoms with Crippen LogP contribution in [0.1, 0.15) is 19.4 Å². The lowest BCUT2D eigenvalue weighted by Gasteiger charge is -2.29. The zero-order chi connectivity index (χ0) is 9.41. The number of aromatic nitrogens is 1. The van der Waals surface area contributed by atoms with E-state index in [0.29, 0.717) is 0 Å². The molecular formula is C8H12F2N2. The zero-order valence-corrected chi connectivity index (χ0v) is 7.07. The van der Waals surface area contributed by atoms with Crippen molar-refractivity contribution >= 4 is 0 Å². The van der Waals surface area contributed by atoms with Crippen molar-refractivity contribution in [2.75, 3.05) is 0 Å². The van der Waals surface area contributed by atoms with E-state index < -0.39 is 11.5 Å². The fourth-order valence-electron chi connectivity index (χ4n) is 0.891. The molecule has 0 radical (unpaired) electrons. The maximum atomic E-state index is 13.4. The number of nitrogens with two attached hydrogens (primary N) is 1. The number of halogens is 2. The molecule has 0 spiro atoms. The lowest BCUT2D eigenvalue weighted by Crippen LogP contribution is -2.48. The van der Waals surface area contributed by atoms with Gasteiger partial charge in [0.1, 0.15) is 0 Å². The van der Waals surface area contributed by atoms with Gasteiger partial charge in [0.2, 0.25) is 0 Å². The molecule has 0 saturated heterocycles. The van der Waals surface area contributed by atoms with Crippen LogP contribution >= 0.6 is 0 Å². The summed E-state index contributed by atoms with van der Waals surface area (Å²) in [6.07, 6.45) is 2.71. The van der Waals surface area contributed by atoms with Gasteiger partial charge in [-0.25, -0.2) is 0 Å². The first kappa shape index (κ1) is 9.19. The summed E-state index contributed by atoms with van der Waals surface area (Å²) in [6, 6.07) is 1.33. The quantitative estimate of drug-likeness (QED) is 0.705. The maximum absolute atomic E-state index is 13.4. The van der Waals surface area contributed by atoms with Crippen LogP contribution in [0.15, 0.2) is 18.5 Å². The summed E-state index contributed by atoms with van der Waals surface area (Å²) in [5.41, 5.74) is 3.73. The topological polar surface area (TPSA) is 41.8 Å². The van der Waals surface area contributed by atoms with E-state index in [2.05, 4.69) is 4.98 Å². The lowest BCUT2D eigenvalue weighted by atomic mass is 9.93. The van der Waals surface area contributed by atoms with Gasteiger partial charge in [0.05, 0.1) is 5.54 Å². The van der Waals surface area contributed by atoms with Gasteiger partial charge in [0, 0.05) is 18.0 Å². The van der Waals surface area contributed by atoms with Crippen molar-refractivity contribution in [3.05, 3.63) is 24.0 Å². The molecule has 4 heteroatoms. The first-order valence-corrected chi connectivity index (χ1v) is 3.65. The highest BCUT2D eigenvalue weighted by atomic mass is 19.3. The molecule has 0 unspecified atom stereocenters. The normalized spacial score (nSPS) is 13.4.